The van der Waals surface area contributed by atoms with Crippen LogP contribution in [-0.2, 0) is 4.79 Å². The second-order valence-electron chi connectivity index (χ2n) is 10.9. The molecule has 0 radical (unpaired) electrons. The van der Waals surface area contributed by atoms with E-state index >= 15 is 0 Å². The molecule has 2 saturated heterocycles. The predicted molar refractivity (Wildman–Crippen MR) is 134 cm³/mol. The van der Waals surface area contributed by atoms with Gasteiger partial charge in [0.05, 0.1) is 11.4 Å². The Balaban J connectivity index is 1.37. The van der Waals surface area contributed by atoms with Crippen LogP contribution in [0, 0.1) is 28.6 Å². The van der Waals surface area contributed by atoms with Crippen LogP contribution in [-0.4, -0.2) is 61.8 Å². The zero-order valence-electron chi connectivity index (χ0n) is 20.0. The van der Waals surface area contributed by atoms with Crippen molar-refractivity contribution in [3.63, 3.8) is 0 Å². The van der Waals surface area contributed by atoms with Gasteiger partial charge >= 0.3 is 0 Å². The molecule has 3 aliphatic rings. The van der Waals surface area contributed by atoms with E-state index in [1.165, 1.54) is 31.9 Å². The maximum atomic E-state index is 13.4. The van der Waals surface area contributed by atoms with Crippen LogP contribution in [0.25, 0.3) is 10.9 Å². The Morgan fingerprint density at radius 2 is 2.03 bits per heavy atom. The third-order valence-electron chi connectivity index (χ3n) is 8.32. The van der Waals surface area contributed by atoms with Crippen LogP contribution < -0.4 is 10.2 Å². The first-order chi connectivity index (χ1) is 16.0. The SMILES string of the molecule is CN1CCC(CNC(=O)C2CN(c3ccc(C=N)c4ncccc34)CC(C)(C3CC3)C2)CC1. The summed E-state index contributed by atoms with van der Waals surface area (Å²) in [6.45, 7) is 7.18. The summed E-state index contributed by atoms with van der Waals surface area (Å²) in [5, 5.41) is 12.2. The number of piperidine rings is 2. The second-order valence-corrected chi connectivity index (χ2v) is 10.9. The third kappa shape index (κ3) is 4.63. The van der Waals surface area contributed by atoms with Gasteiger partial charge in [0.2, 0.25) is 5.91 Å². The van der Waals surface area contributed by atoms with Gasteiger partial charge in [-0.3, -0.25) is 9.78 Å². The molecule has 1 saturated carbocycles. The van der Waals surface area contributed by atoms with Crippen molar-refractivity contribution in [1.82, 2.24) is 15.2 Å². The molecular weight excluding hydrogens is 410 g/mol. The Morgan fingerprint density at radius 3 is 2.76 bits per heavy atom. The number of rotatable bonds is 6. The zero-order chi connectivity index (χ0) is 23.0. The molecule has 176 valence electrons. The minimum absolute atomic E-state index is 0.00440. The van der Waals surface area contributed by atoms with Gasteiger partial charge in [-0.05, 0) is 93.8 Å². The van der Waals surface area contributed by atoms with Gasteiger partial charge in [0.1, 0.15) is 0 Å². The monoisotopic (exact) mass is 447 g/mol. The van der Waals surface area contributed by atoms with Crippen molar-refractivity contribution >= 4 is 28.7 Å². The molecule has 6 heteroatoms. The minimum Gasteiger partial charge on any atom is -0.370 e. The second kappa shape index (κ2) is 9.05. The van der Waals surface area contributed by atoms with Gasteiger partial charge in [-0.15, -0.1) is 0 Å². The van der Waals surface area contributed by atoms with Gasteiger partial charge in [-0.25, -0.2) is 0 Å². The normalized spacial score (nSPS) is 27.0. The molecule has 2 aliphatic heterocycles. The predicted octanol–water partition coefficient (Wildman–Crippen LogP) is 3.93. The van der Waals surface area contributed by atoms with Gasteiger partial charge in [0.15, 0.2) is 0 Å². The van der Waals surface area contributed by atoms with Crippen LogP contribution in [0.1, 0.15) is 44.6 Å². The molecule has 1 aliphatic carbocycles. The largest absolute Gasteiger partial charge is 0.370 e. The van der Waals surface area contributed by atoms with Gasteiger partial charge < -0.3 is 20.5 Å². The Labute approximate surface area is 197 Å². The van der Waals surface area contributed by atoms with Gasteiger partial charge in [0, 0.05) is 48.7 Å². The topological polar surface area (TPSA) is 72.3 Å². The number of amides is 1. The highest BCUT2D eigenvalue weighted by molar-refractivity contribution is 6.02. The van der Waals surface area contributed by atoms with Crippen LogP contribution in [0.3, 0.4) is 0 Å². The molecule has 3 heterocycles. The third-order valence-corrected chi connectivity index (χ3v) is 8.32. The van der Waals surface area contributed by atoms with E-state index in [9.17, 15) is 4.79 Å². The van der Waals surface area contributed by atoms with E-state index < -0.39 is 0 Å². The zero-order valence-corrected chi connectivity index (χ0v) is 20.0. The van der Waals surface area contributed by atoms with Gasteiger partial charge in [-0.2, -0.15) is 0 Å². The van der Waals surface area contributed by atoms with E-state index in [2.05, 4.69) is 46.2 Å². The molecule has 0 bridgehead atoms. The summed E-state index contributed by atoms with van der Waals surface area (Å²) in [6, 6.07) is 8.19. The summed E-state index contributed by atoms with van der Waals surface area (Å²) in [7, 11) is 2.18. The molecular formula is C27H37N5O. The van der Waals surface area contributed by atoms with Crippen molar-refractivity contribution in [1.29, 1.82) is 5.41 Å². The molecule has 2 atom stereocenters. The highest BCUT2D eigenvalue weighted by atomic mass is 16.1. The van der Waals surface area contributed by atoms with Crippen molar-refractivity contribution in [2.75, 3.05) is 44.7 Å². The Kier molecular flexibility index (Phi) is 6.12. The van der Waals surface area contributed by atoms with E-state index in [-0.39, 0.29) is 17.2 Å². The number of likely N-dealkylation sites (tertiary alicyclic amines) is 1. The summed E-state index contributed by atoms with van der Waals surface area (Å²) in [4.78, 5) is 22.8. The smallest absolute Gasteiger partial charge is 0.224 e. The summed E-state index contributed by atoms with van der Waals surface area (Å²) in [6.07, 6.45) is 9.05. The maximum Gasteiger partial charge on any atom is 0.224 e. The Morgan fingerprint density at radius 1 is 1.24 bits per heavy atom. The Hall–Kier alpha value is -2.47. The fraction of sp³-hybridized carbons (Fsp3) is 0.593. The van der Waals surface area contributed by atoms with E-state index in [0.717, 1.165) is 67.2 Å². The average Bonchev–Trinajstić information content (AvgIpc) is 3.69. The standard InChI is InChI=1S/C27H37N5O/c1-27(22-6-7-22)14-21(26(33)30-16-19-9-12-31(2)13-10-19)17-32(18-27)24-8-5-20(15-28)25-23(24)4-3-11-29-25/h3-5,8,11,15,19,21-22,28H,6-7,9-10,12-14,16-18H2,1-2H3,(H,30,33). The van der Waals surface area contributed by atoms with E-state index in [4.69, 9.17) is 5.41 Å². The first-order valence-corrected chi connectivity index (χ1v) is 12.6. The molecule has 3 fully saturated rings. The molecule has 2 aromatic rings. The number of fused-ring (bicyclic) bond motifs is 1. The summed E-state index contributed by atoms with van der Waals surface area (Å²) >= 11 is 0. The number of pyridine rings is 1. The van der Waals surface area contributed by atoms with Crippen molar-refractivity contribution in [2.24, 2.45) is 23.2 Å². The lowest BCUT2D eigenvalue weighted by molar-refractivity contribution is -0.126. The molecule has 5 rings (SSSR count). The number of carbonyl (C=O) groups excluding carboxylic acids is 1. The molecule has 2 unspecified atom stereocenters. The first-order valence-electron chi connectivity index (χ1n) is 12.6. The quantitative estimate of drug-likeness (QED) is 0.658. The average molecular weight is 448 g/mol. The molecule has 0 spiro atoms. The van der Waals surface area contributed by atoms with Crippen molar-refractivity contribution in [2.45, 2.75) is 39.0 Å². The fourth-order valence-electron chi connectivity index (χ4n) is 6.12. The summed E-state index contributed by atoms with van der Waals surface area (Å²) in [5.74, 6) is 1.55. The van der Waals surface area contributed by atoms with E-state index in [0.29, 0.717) is 5.92 Å². The highest BCUT2D eigenvalue weighted by Crippen LogP contribution is 2.52. The molecule has 1 aromatic heterocycles. The van der Waals surface area contributed by atoms with Crippen LogP contribution in [0.15, 0.2) is 30.5 Å². The number of aromatic nitrogens is 1. The number of hydrogen-bond donors (Lipinski definition) is 2. The number of carbonyl (C=O) groups is 1. The lowest BCUT2D eigenvalue weighted by Gasteiger charge is -2.46. The van der Waals surface area contributed by atoms with Crippen LogP contribution in [0.2, 0.25) is 0 Å². The number of nitrogens with zero attached hydrogens (tertiary/aromatic N) is 3. The van der Waals surface area contributed by atoms with Crippen LogP contribution in [0.5, 0.6) is 0 Å². The first kappa shape index (κ1) is 22.3. The number of hydrogen-bond acceptors (Lipinski definition) is 5. The van der Waals surface area contributed by atoms with Crippen LogP contribution in [0.4, 0.5) is 5.69 Å². The molecule has 6 nitrogen and oxygen atoms in total. The van der Waals surface area contributed by atoms with Crippen molar-refractivity contribution in [3.8, 4) is 0 Å². The number of anilines is 1. The molecule has 2 N–H and O–H groups in total. The fourth-order valence-corrected chi connectivity index (χ4v) is 6.12. The van der Waals surface area contributed by atoms with E-state index in [1.807, 2.05) is 12.1 Å². The van der Waals surface area contributed by atoms with Gasteiger partial charge in [-0.1, -0.05) is 6.92 Å². The molecule has 33 heavy (non-hydrogen) atoms. The molecule has 1 aromatic carbocycles. The Bertz CT molecular complexity index is 1030. The lowest BCUT2D eigenvalue weighted by atomic mass is 9.72. The molecule has 1 amide bonds. The number of nitrogens with one attached hydrogen (secondary N) is 2. The lowest BCUT2D eigenvalue weighted by Crippen LogP contribution is -2.52. The number of benzene rings is 1. The summed E-state index contributed by atoms with van der Waals surface area (Å²) in [5.41, 5.74) is 3.00. The van der Waals surface area contributed by atoms with Crippen molar-refractivity contribution in [3.05, 3.63) is 36.0 Å². The summed E-state index contributed by atoms with van der Waals surface area (Å²) < 4.78 is 0. The van der Waals surface area contributed by atoms with Crippen molar-refractivity contribution < 1.29 is 4.79 Å². The van der Waals surface area contributed by atoms with Gasteiger partial charge in [0.25, 0.3) is 0 Å². The van der Waals surface area contributed by atoms with E-state index in [1.54, 1.807) is 6.20 Å². The maximum absolute atomic E-state index is 13.4. The van der Waals surface area contributed by atoms with Crippen LogP contribution >= 0.6 is 0 Å². The highest BCUT2D eigenvalue weighted by Gasteiger charge is 2.48. The minimum atomic E-state index is 0.00440.